The zero-order valence-electron chi connectivity index (χ0n) is 15.4. The Bertz CT molecular complexity index is 788. The largest absolute Gasteiger partial charge is 0.480 e. The van der Waals surface area contributed by atoms with Crippen LogP contribution in [0.1, 0.15) is 36.3 Å². The van der Waals surface area contributed by atoms with Crippen LogP contribution < -0.4 is 15.8 Å². The summed E-state index contributed by atoms with van der Waals surface area (Å²) in [5.74, 6) is -0.163. The van der Waals surface area contributed by atoms with Crippen LogP contribution in [-0.2, 0) is 4.79 Å². The summed E-state index contributed by atoms with van der Waals surface area (Å²) in [7, 11) is 1.55. The van der Waals surface area contributed by atoms with E-state index in [0.717, 1.165) is 16.8 Å². The van der Waals surface area contributed by atoms with Crippen molar-refractivity contribution in [3.8, 4) is 17.0 Å². The number of carbonyl (C=O) groups excluding carboxylic acids is 2. The molecule has 7 heteroatoms. The highest BCUT2D eigenvalue weighted by atomic mass is 16.5. The maximum absolute atomic E-state index is 12.4. The fourth-order valence-electron chi connectivity index (χ4n) is 2.69. The SMILES string of the molecule is COc1ncnc(C)c1-c1ccc(C(=O)N[C@@H](CC(C)C)C(N)=O)cc1. The molecule has 3 N–H and O–H groups in total. The third kappa shape index (κ3) is 4.56. The summed E-state index contributed by atoms with van der Waals surface area (Å²) in [5.41, 5.74) is 8.21. The number of nitrogens with one attached hydrogen (secondary N) is 1. The Kier molecular flexibility index (Phi) is 6.27. The Morgan fingerprint density at radius 2 is 1.85 bits per heavy atom. The summed E-state index contributed by atoms with van der Waals surface area (Å²) in [5, 5.41) is 2.69. The molecular weight excluding hydrogens is 332 g/mol. The van der Waals surface area contributed by atoms with Crippen LogP contribution >= 0.6 is 0 Å². The van der Waals surface area contributed by atoms with Gasteiger partial charge in [0, 0.05) is 5.56 Å². The van der Waals surface area contributed by atoms with E-state index in [9.17, 15) is 9.59 Å². The van der Waals surface area contributed by atoms with Gasteiger partial charge in [0.25, 0.3) is 5.91 Å². The van der Waals surface area contributed by atoms with E-state index in [1.165, 1.54) is 6.33 Å². The van der Waals surface area contributed by atoms with E-state index in [1.807, 2.05) is 20.8 Å². The first kappa shape index (κ1) is 19.4. The van der Waals surface area contributed by atoms with Crippen molar-refractivity contribution in [3.63, 3.8) is 0 Å². The average molecular weight is 356 g/mol. The van der Waals surface area contributed by atoms with Crippen molar-refractivity contribution in [2.24, 2.45) is 11.7 Å². The fraction of sp³-hybridized carbons (Fsp3) is 0.368. The molecule has 0 aliphatic rings. The predicted octanol–water partition coefficient (Wildman–Crippen LogP) is 2.09. The van der Waals surface area contributed by atoms with Crippen molar-refractivity contribution in [1.29, 1.82) is 0 Å². The smallest absolute Gasteiger partial charge is 0.251 e. The van der Waals surface area contributed by atoms with Gasteiger partial charge in [-0.15, -0.1) is 0 Å². The van der Waals surface area contributed by atoms with E-state index in [1.54, 1.807) is 31.4 Å². The van der Waals surface area contributed by atoms with Gasteiger partial charge in [0.05, 0.1) is 18.4 Å². The maximum Gasteiger partial charge on any atom is 0.251 e. The van der Waals surface area contributed by atoms with Crippen LogP contribution in [0.15, 0.2) is 30.6 Å². The van der Waals surface area contributed by atoms with E-state index in [4.69, 9.17) is 10.5 Å². The van der Waals surface area contributed by atoms with Crippen LogP contribution in [0.25, 0.3) is 11.1 Å². The number of hydrogen-bond acceptors (Lipinski definition) is 5. The van der Waals surface area contributed by atoms with Gasteiger partial charge in [0.15, 0.2) is 0 Å². The second-order valence-electron chi connectivity index (χ2n) is 6.48. The third-order valence-electron chi connectivity index (χ3n) is 3.99. The summed E-state index contributed by atoms with van der Waals surface area (Å²) in [6.45, 7) is 5.80. The molecule has 0 aliphatic carbocycles. The van der Waals surface area contributed by atoms with Gasteiger partial charge in [-0.3, -0.25) is 9.59 Å². The van der Waals surface area contributed by atoms with Crippen LogP contribution in [0, 0.1) is 12.8 Å². The second kappa shape index (κ2) is 8.42. The molecule has 26 heavy (non-hydrogen) atoms. The van der Waals surface area contributed by atoms with Crippen molar-refractivity contribution >= 4 is 11.8 Å². The van der Waals surface area contributed by atoms with Crippen LogP contribution in [0.2, 0.25) is 0 Å². The highest BCUT2D eigenvalue weighted by molar-refractivity contribution is 5.97. The van der Waals surface area contributed by atoms with Gasteiger partial charge >= 0.3 is 0 Å². The number of nitrogens with zero attached hydrogens (tertiary/aromatic N) is 2. The van der Waals surface area contributed by atoms with E-state index in [2.05, 4.69) is 15.3 Å². The first-order chi connectivity index (χ1) is 12.3. The van der Waals surface area contributed by atoms with Crippen molar-refractivity contribution in [2.45, 2.75) is 33.2 Å². The number of amides is 2. The van der Waals surface area contributed by atoms with Gasteiger partial charge in [-0.25, -0.2) is 9.97 Å². The Labute approximate surface area is 153 Å². The van der Waals surface area contributed by atoms with Gasteiger partial charge in [0.2, 0.25) is 11.8 Å². The molecule has 0 unspecified atom stereocenters. The first-order valence-corrected chi connectivity index (χ1v) is 8.39. The monoisotopic (exact) mass is 356 g/mol. The Balaban J connectivity index is 2.22. The molecule has 0 bridgehead atoms. The average Bonchev–Trinajstić information content (AvgIpc) is 2.60. The van der Waals surface area contributed by atoms with Crippen LogP contribution in [0.4, 0.5) is 0 Å². The molecule has 0 saturated carbocycles. The zero-order valence-corrected chi connectivity index (χ0v) is 15.4. The van der Waals surface area contributed by atoms with Gasteiger partial charge in [0.1, 0.15) is 12.4 Å². The Hall–Kier alpha value is -2.96. The lowest BCUT2D eigenvalue weighted by Gasteiger charge is -2.17. The van der Waals surface area contributed by atoms with E-state index in [0.29, 0.717) is 17.9 Å². The summed E-state index contributed by atoms with van der Waals surface area (Å²) < 4.78 is 5.29. The lowest BCUT2D eigenvalue weighted by molar-refractivity contribution is -0.120. The molecule has 0 spiro atoms. The number of nitrogens with two attached hydrogens (primary N) is 1. The number of aryl methyl sites for hydroxylation is 1. The molecule has 138 valence electrons. The number of rotatable bonds is 7. The number of hydrogen-bond donors (Lipinski definition) is 2. The van der Waals surface area contributed by atoms with Crippen LogP contribution in [0.3, 0.4) is 0 Å². The highest BCUT2D eigenvalue weighted by Gasteiger charge is 2.20. The number of carbonyl (C=O) groups is 2. The molecule has 0 aliphatic heterocycles. The van der Waals surface area contributed by atoms with E-state index in [-0.39, 0.29) is 11.8 Å². The number of benzene rings is 1. The summed E-state index contributed by atoms with van der Waals surface area (Å²) in [6.07, 6.45) is 1.94. The highest BCUT2D eigenvalue weighted by Crippen LogP contribution is 2.30. The summed E-state index contributed by atoms with van der Waals surface area (Å²) >= 11 is 0. The molecule has 2 aromatic rings. The molecule has 0 saturated heterocycles. The summed E-state index contributed by atoms with van der Waals surface area (Å²) in [4.78, 5) is 32.2. The minimum Gasteiger partial charge on any atom is -0.480 e. The molecule has 1 atom stereocenters. The van der Waals surface area contributed by atoms with Gasteiger partial charge in [-0.05, 0) is 37.0 Å². The van der Waals surface area contributed by atoms with Crippen molar-refractivity contribution in [2.75, 3.05) is 7.11 Å². The molecule has 7 nitrogen and oxygen atoms in total. The van der Waals surface area contributed by atoms with E-state index < -0.39 is 11.9 Å². The number of methoxy groups -OCH3 is 1. The lowest BCUT2D eigenvalue weighted by atomic mass is 10.0. The van der Waals surface area contributed by atoms with Crippen molar-refractivity contribution < 1.29 is 14.3 Å². The minimum atomic E-state index is -0.688. The second-order valence-corrected chi connectivity index (χ2v) is 6.48. The van der Waals surface area contributed by atoms with E-state index >= 15 is 0 Å². The van der Waals surface area contributed by atoms with Gasteiger partial charge < -0.3 is 15.8 Å². The third-order valence-corrected chi connectivity index (χ3v) is 3.99. The molecule has 0 radical (unpaired) electrons. The van der Waals surface area contributed by atoms with Crippen molar-refractivity contribution in [1.82, 2.24) is 15.3 Å². The molecule has 1 heterocycles. The molecule has 0 fully saturated rings. The van der Waals surface area contributed by atoms with Gasteiger partial charge in [-0.2, -0.15) is 0 Å². The van der Waals surface area contributed by atoms with Gasteiger partial charge in [-0.1, -0.05) is 26.0 Å². The Morgan fingerprint density at radius 1 is 1.19 bits per heavy atom. The molecule has 1 aromatic heterocycles. The first-order valence-electron chi connectivity index (χ1n) is 8.39. The quantitative estimate of drug-likeness (QED) is 0.790. The number of ether oxygens (including phenoxy) is 1. The molecular formula is C19H24N4O3. The Morgan fingerprint density at radius 3 is 2.38 bits per heavy atom. The lowest BCUT2D eigenvalue weighted by Crippen LogP contribution is -2.45. The number of aromatic nitrogens is 2. The molecule has 1 aromatic carbocycles. The zero-order chi connectivity index (χ0) is 19.3. The van der Waals surface area contributed by atoms with Crippen molar-refractivity contribution in [3.05, 3.63) is 41.9 Å². The minimum absolute atomic E-state index is 0.240. The van der Waals surface area contributed by atoms with Crippen LogP contribution in [0.5, 0.6) is 5.88 Å². The normalized spacial score (nSPS) is 11.9. The molecule has 2 rings (SSSR count). The maximum atomic E-state index is 12.4. The standard InChI is InChI=1S/C19H24N4O3/c1-11(2)9-15(17(20)24)23-18(25)14-7-5-13(6-8-14)16-12(3)21-10-22-19(16)26-4/h5-8,10-11,15H,9H2,1-4H3,(H2,20,24)(H,23,25)/t15-/m0/s1. The fourth-order valence-corrected chi connectivity index (χ4v) is 2.69. The topological polar surface area (TPSA) is 107 Å². The number of primary amides is 1. The molecule has 2 amide bonds. The summed E-state index contributed by atoms with van der Waals surface area (Å²) in [6, 6.07) is 6.27. The predicted molar refractivity (Wildman–Crippen MR) is 98.7 cm³/mol. The van der Waals surface area contributed by atoms with Crippen LogP contribution in [-0.4, -0.2) is 34.9 Å².